The van der Waals surface area contributed by atoms with E-state index in [9.17, 15) is 4.79 Å². The minimum atomic E-state index is 0.00353. The third-order valence-electron chi connectivity index (χ3n) is 4.97. The summed E-state index contributed by atoms with van der Waals surface area (Å²) in [5.41, 5.74) is 0.931. The summed E-state index contributed by atoms with van der Waals surface area (Å²) in [7, 11) is 0. The van der Waals surface area contributed by atoms with Crippen molar-refractivity contribution in [3.63, 3.8) is 0 Å². The number of hydrogen-bond donors (Lipinski definition) is 1. The quantitative estimate of drug-likeness (QED) is 0.797. The number of piperidine rings is 1. The number of likely N-dealkylation sites (tertiary alicyclic amines) is 1. The second-order valence-electron chi connectivity index (χ2n) is 6.74. The molecule has 5 nitrogen and oxygen atoms in total. The number of carbonyl (C=O) groups excluding carboxylic acids is 1. The Morgan fingerprint density at radius 3 is 2.64 bits per heavy atom. The lowest BCUT2D eigenvalue weighted by Crippen LogP contribution is -2.47. The van der Waals surface area contributed by atoms with Gasteiger partial charge in [-0.1, -0.05) is 33.6 Å². The molecular formula is C18H25BrClN3O2. The molecule has 2 saturated heterocycles. The first-order valence-electron chi connectivity index (χ1n) is 8.88. The number of ether oxygens (including phenoxy) is 1. The molecule has 2 amide bonds. The van der Waals surface area contributed by atoms with Gasteiger partial charge in [0.25, 0.3) is 0 Å². The number of hydrogen-bond acceptors (Lipinski definition) is 3. The molecule has 2 aliphatic rings. The fourth-order valence-electron chi connectivity index (χ4n) is 3.42. The summed E-state index contributed by atoms with van der Waals surface area (Å²) >= 11 is 9.59. The molecule has 0 aromatic heterocycles. The van der Waals surface area contributed by atoms with Gasteiger partial charge >= 0.3 is 6.03 Å². The Bertz CT molecular complexity index is 588. The first-order chi connectivity index (χ1) is 12.1. The van der Waals surface area contributed by atoms with Crippen LogP contribution in [-0.4, -0.2) is 61.8 Å². The van der Waals surface area contributed by atoms with Gasteiger partial charge in [-0.15, -0.1) is 0 Å². The van der Waals surface area contributed by atoms with Crippen LogP contribution in [0.25, 0.3) is 0 Å². The van der Waals surface area contributed by atoms with E-state index in [0.717, 1.165) is 68.8 Å². The zero-order chi connectivity index (χ0) is 17.6. The first-order valence-corrected chi connectivity index (χ1v) is 10.1. The van der Waals surface area contributed by atoms with Gasteiger partial charge in [-0.3, -0.25) is 4.90 Å². The van der Waals surface area contributed by atoms with Crippen LogP contribution in [0.2, 0.25) is 5.02 Å². The molecule has 1 N–H and O–H groups in total. The van der Waals surface area contributed by atoms with Crippen LogP contribution in [0, 0.1) is 5.92 Å². The molecular weight excluding hydrogens is 406 g/mol. The maximum Gasteiger partial charge on any atom is 0.317 e. The van der Waals surface area contributed by atoms with E-state index in [4.69, 9.17) is 16.3 Å². The van der Waals surface area contributed by atoms with Gasteiger partial charge in [0.2, 0.25) is 0 Å². The monoisotopic (exact) mass is 429 g/mol. The van der Waals surface area contributed by atoms with Crippen LogP contribution in [-0.2, 0) is 11.3 Å². The summed E-state index contributed by atoms with van der Waals surface area (Å²) in [4.78, 5) is 16.8. The molecule has 25 heavy (non-hydrogen) atoms. The average Bonchev–Trinajstić information content (AvgIpc) is 2.62. The van der Waals surface area contributed by atoms with Gasteiger partial charge in [0, 0.05) is 48.8 Å². The summed E-state index contributed by atoms with van der Waals surface area (Å²) in [5, 5.41) is 3.65. The highest BCUT2D eigenvalue weighted by atomic mass is 79.9. The zero-order valence-electron chi connectivity index (χ0n) is 14.3. The van der Waals surface area contributed by atoms with Crippen molar-refractivity contribution in [2.75, 3.05) is 45.9 Å². The van der Waals surface area contributed by atoms with Crippen molar-refractivity contribution in [2.45, 2.75) is 19.4 Å². The lowest BCUT2D eigenvalue weighted by atomic mass is 9.96. The van der Waals surface area contributed by atoms with Crippen LogP contribution < -0.4 is 5.32 Å². The second-order valence-corrected chi connectivity index (χ2v) is 8.06. The lowest BCUT2D eigenvalue weighted by Gasteiger charge is -2.36. The largest absolute Gasteiger partial charge is 0.379 e. The minimum absolute atomic E-state index is 0.00353. The number of nitrogens with one attached hydrogen (secondary N) is 1. The summed E-state index contributed by atoms with van der Waals surface area (Å²) in [6.07, 6.45) is 2.15. The zero-order valence-corrected chi connectivity index (χ0v) is 16.7. The van der Waals surface area contributed by atoms with Crippen LogP contribution in [0.3, 0.4) is 0 Å². The van der Waals surface area contributed by atoms with Crippen molar-refractivity contribution in [3.05, 3.63) is 33.3 Å². The number of urea groups is 1. The summed E-state index contributed by atoms with van der Waals surface area (Å²) in [6.45, 7) is 7.01. The SMILES string of the molecule is O=C(NCc1ccc(Br)cc1Cl)N1CCC(CN2CCOCC2)CC1. The Morgan fingerprint density at radius 2 is 1.96 bits per heavy atom. The van der Waals surface area contributed by atoms with E-state index in [2.05, 4.69) is 26.1 Å². The molecule has 2 heterocycles. The van der Waals surface area contributed by atoms with Crippen molar-refractivity contribution >= 4 is 33.6 Å². The molecule has 0 aliphatic carbocycles. The van der Waals surface area contributed by atoms with Crippen molar-refractivity contribution in [2.24, 2.45) is 5.92 Å². The fourth-order valence-corrected chi connectivity index (χ4v) is 4.16. The Morgan fingerprint density at radius 1 is 1.24 bits per heavy atom. The molecule has 1 aromatic carbocycles. The molecule has 1 aromatic rings. The Hall–Kier alpha value is -0.820. The van der Waals surface area contributed by atoms with Gasteiger partial charge in [0.1, 0.15) is 0 Å². The van der Waals surface area contributed by atoms with Crippen molar-refractivity contribution in [1.82, 2.24) is 15.1 Å². The third-order valence-corrected chi connectivity index (χ3v) is 5.81. The summed E-state index contributed by atoms with van der Waals surface area (Å²) < 4.78 is 6.34. The van der Waals surface area contributed by atoms with Gasteiger partial charge in [-0.05, 0) is 36.5 Å². The second kappa shape index (κ2) is 9.21. The highest BCUT2D eigenvalue weighted by Gasteiger charge is 2.24. The van der Waals surface area contributed by atoms with Crippen LogP contribution in [0.5, 0.6) is 0 Å². The first kappa shape index (κ1) is 19.0. The average molecular weight is 431 g/mol. The molecule has 0 saturated carbocycles. The molecule has 7 heteroatoms. The Balaban J connectivity index is 1.40. The number of benzene rings is 1. The number of carbonyl (C=O) groups is 1. The predicted octanol–water partition coefficient (Wildman–Crippen LogP) is 3.36. The number of halogens is 2. The van der Waals surface area contributed by atoms with Crippen molar-refractivity contribution in [1.29, 1.82) is 0 Å². The predicted molar refractivity (Wildman–Crippen MR) is 103 cm³/mol. The van der Waals surface area contributed by atoms with Gasteiger partial charge < -0.3 is 15.0 Å². The molecule has 2 aliphatic heterocycles. The molecule has 138 valence electrons. The highest BCUT2D eigenvalue weighted by Crippen LogP contribution is 2.22. The minimum Gasteiger partial charge on any atom is -0.379 e. The van der Waals surface area contributed by atoms with E-state index in [1.165, 1.54) is 0 Å². The molecule has 0 bridgehead atoms. The Kier molecular flexibility index (Phi) is 6.99. The highest BCUT2D eigenvalue weighted by molar-refractivity contribution is 9.10. The van der Waals surface area contributed by atoms with E-state index >= 15 is 0 Å². The van der Waals surface area contributed by atoms with Crippen molar-refractivity contribution < 1.29 is 9.53 Å². The van der Waals surface area contributed by atoms with E-state index in [1.807, 2.05) is 23.1 Å². The molecule has 0 radical (unpaired) electrons. The van der Waals surface area contributed by atoms with Crippen LogP contribution in [0.15, 0.2) is 22.7 Å². The normalized spacial score (nSPS) is 19.8. The third kappa shape index (κ3) is 5.58. The number of nitrogens with zero attached hydrogens (tertiary/aromatic N) is 2. The number of morpholine rings is 1. The number of rotatable bonds is 4. The van der Waals surface area contributed by atoms with Gasteiger partial charge in [-0.25, -0.2) is 4.79 Å². The summed E-state index contributed by atoms with van der Waals surface area (Å²) in [5.74, 6) is 0.683. The van der Waals surface area contributed by atoms with E-state index in [1.54, 1.807) is 0 Å². The standard InChI is InChI=1S/C18H25BrClN3O2/c19-16-2-1-15(17(20)11-16)12-21-18(24)23-5-3-14(4-6-23)13-22-7-9-25-10-8-22/h1-2,11,14H,3-10,12-13H2,(H,21,24). The van der Waals surface area contributed by atoms with E-state index < -0.39 is 0 Å². The summed E-state index contributed by atoms with van der Waals surface area (Å²) in [6, 6.07) is 5.72. The molecule has 0 unspecified atom stereocenters. The smallest absolute Gasteiger partial charge is 0.317 e. The van der Waals surface area contributed by atoms with Crippen LogP contribution >= 0.6 is 27.5 Å². The van der Waals surface area contributed by atoms with E-state index in [-0.39, 0.29) is 6.03 Å². The lowest BCUT2D eigenvalue weighted by molar-refractivity contribution is 0.0258. The van der Waals surface area contributed by atoms with E-state index in [0.29, 0.717) is 17.5 Å². The topological polar surface area (TPSA) is 44.8 Å². The molecule has 2 fully saturated rings. The van der Waals surface area contributed by atoms with Crippen LogP contribution in [0.4, 0.5) is 4.79 Å². The van der Waals surface area contributed by atoms with Gasteiger partial charge in [0.15, 0.2) is 0 Å². The fraction of sp³-hybridized carbons (Fsp3) is 0.611. The van der Waals surface area contributed by atoms with Crippen LogP contribution in [0.1, 0.15) is 18.4 Å². The maximum absolute atomic E-state index is 12.4. The van der Waals surface area contributed by atoms with Crippen molar-refractivity contribution in [3.8, 4) is 0 Å². The maximum atomic E-state index is 12.4. The van der Waals surface area contributed by atoms with Gasteiger partial charge in [-0.2, -0.15) is 0 Å². The molecule has 0 spiro atoms. The van der Waals surface area contributed by atoms with Gasteiger partial charge in [0.05, 0.1) is 13.2 Å². The molecule has 3 rings (SSSR count). The number of amides is 2. The Labute approximate surface area is 162 Å². The molecule has 0 atom stereocenters.